The number of fused-ring (bicyclic) bond motifs is 1. The summed E-state index contributed by atoms with van der Waals surface area (Å²) in [5, 5.41) is 26.9. The third-order valence-electron chi connectivity index (χ3n) is 5.01. The van der Waals surface area contributed by atoms with Crippen LogP contribution in [0.25, 0.3) is 16.5 Å². The van der Waals surface area contributed by atoms with Crippen LogP contribution in [0.4, 0.5) is 11.4 Å². The predicted molar refractivity (Wildman–Crippen MR) is 105 cm³/mol. The fourth-order valence-electron chi connectivity index (χ4n) is 3.55. The fourth-order valence-corrected chi connectivity index (χ4v) is 3.55. The highest BCUT2D eigenvalue weighted by atomic mass is 14.9. The largest absolute Gasteiger partial charge is 0.361 e. The van der Waals surface area contributed by atoms with Crippen LogP contribution in [0.5, 0.6) is 0 Å². The molecule has 0 spiro atoms. The van der Waals surface area contributed by atoms with Gasteiger partial charge < -0.3 is 15.6 Å². The monoisotopic (exact) mass is 354 g/mol. The van der Waals surface area contributed by atoms with E-state index >= 15 is 0 Å². The van der Waals surface area contributed by atoms with Crippen molar-refractivity contribution in [1.82, 2.24) is 15.3 Å². The number of aromatic amines is 1. The highest BCUT2D eigenvalue weighted by Gasteiger charge is 2.20. The summed E-state index contributed by atoms with van der Waals surface area (Å²) in [4.78, 5) is 7.44. The molecule has 0 aliphatic carbocycles. The summed E-state index contributed by atoms with van der Waals surface area (Å²) in [6, 6.07) is 10.6. The highest BCUT2D eigenvalue weighted by molar-refractivity contribution is 5.91. The molecule has 27 heavy (non-hydrogen) atoms. The second kappa shape index (κ2) is 6.95. The van der Waals surface area contributed by atoms with Gasteiger partial charge in [-0.15, -0.1) is 0 Å². The SMILES string of the molecule is Cc1c(Nc2c(C#N)cncc2C2=C(C#N)CNCC2)ccc2[nH]ccc12. The number of nitrogens with zero attached hydrogens (tertiary/aromatic N) is 3. The smallest absolute Gasteiger partial charge is 0.103 e. The van der Waals surface area contributed by atoms with Gasteiger partial charge in [0, 0.05) is 52.9 Å². The molecule has 0 unspecified atom stereocenters. The second-order valence-corrected chi connectivity index (χ2v) is 6.52. The molecule has 4 rings (SSSR count). The van der Waals surface area contributed by atoms with Crippen molar-refractivity contribution >= 4 is 27.9 Å². The molecule has 132 valence electrons. The lowest BCUT2D eigenvalue weighted by molar-refractivity contribution is 0.724. The molecule has 2 aromatic heterocycles. The topological polar surface area (TPSA) is 100 Å². The zero-order chi connectivity index (χ0) is 18.8. The van der Waals surface area contributed by atoms with E-state index < -0.39 is 0 Å². The van der Waals surface area contributed by atoms with Crippen molar-refractivity contribution in [3.05, 3.63) is 59.1 Å². The van der Waals surface area contributed by atoms with Gasteiger partial charge in [-0.3, -0.25) is 4.98 Å². The lowest BCUT2D eigenvalue weighted by atomic mass is 9.93. The molecule has 0 fully saturated rings. The Balaban J connectivity index is 1.87. The van der Waals surface area contributed by atoms with Gasteiger partial charge in [-0.05, 0) is 49.2 Å². The molecule has 0 saturated heterocycles. The first-order valence-corrected chi connectivity index (χ1v) is 8.78. The number of aromatic nitrogens is 2. The van der Waals surface area contributed by atoms with Crippen LogP contribution in [-0.2, 0) is 0 Å². The Labute approximate surface area is 157 Å². The molecule has 6 heteroatoms. The van der Waals surface area contributed by atoms with E-state index in [0.29, 0.717) is 23.4 Å². The normalized spacial score (nSPS) is 14.0. The average Bonchev–Trinajstić information content (AvgIpc) is 3.20. The summed E-state index contributed by atoms with van der Waals surface area (Å²) in [5.41, 5.74) is 6.73. The van der Waals surface area contributed by atoms with Gasteiger partial charge >= 0.3 is 0 Å². The molecular formula is C21H18N6. The summed E-state index contributed by atoms with van der Waals surface area (Å²) in [7, 11) is 0. The van der Waals surface area contributed by atoms with Crippen LogP contribution in [0.3, 0.4) is 0 Å². The fraction of sp³-hybridized carbons (Fsp3) is 0.190. The van der Waals surface area contributed by atoms with Crippen molar-refractivity contribution in [2.24, 2.45) is 0 Å². The van der Waals surface area contributed by atoms with E-state index in [1.54, 1.807) is 12.4 Å². The summed E-state index contributed by atoms with van der Waals surface area (Å²) in [6.07, 6.45) is 5.94. The maximum absolute atomic E-state index is 9.62. The van der Waals surface area contributed by atoms with Gasteiger partial charge in [0.25, 0.3) is 0 Å². The van der Waals surface area contributed by atoms with Gasteiger partial charge in [-0.1, -0.05) is 0 Å². The van der Waals surface area contributed by atoms with E-state index in [9.17, 15) is 10.5 Å². The summed E-state index contributed by atoms with van der Waals surface area (Å²) >= 11 is 0. The Bertz CT molecular complexity index is 1140. The number of aryl methyl sites for hydroxylation is 1. The average molecular weight is 354 g/mol. The van der Waals surface area contributed by atoms with Crippen molar-refractivity contribution in [3.8, 4) is 12.1 Å². The van der Waals surface area contributed by atoms with E-state index in [0.717, 1.165) is 46.3 Å². The van der Waals surface area contributed by atoms with E-state index in [4.69, 9.17) is 0 Å². The summed E-state index contributed by atoms with van der Waals surface area (Å²) in [6.45, 7) is 3.39. The maximum atomic E-state index is 9.62. The van der Waals surface area contributed by atoms with Gasteiger partial charge in [0.15, 0.2) is 0 Å². The Morgan fingerprint density at radius 2 is 2.04 bits per heavy atom. The number of pyridine rings is 1. The number of anilines is 2. The first-order valence-electron chi connectivity index (χ1n) is 8.78. The Morgan fingerprint density at radius 1 is 1.15 bits per heavy atom. The first-order chi connectivity index (χ1) is 13.2. The number of rotatable bonds is 3. The van der Waals surface area contributed by atoms with E-state index in [1.807, 2.05) is 24.4 Å². The molecule has 0 atom stereocenters. The number of hydrogen-bond acceptors (Lipinski definition) is 5. The Kier molecular flexibility index (Phi) is 4.33. The summed E-state index contributed by atoms with van der Waals surface area (Å²) < 4.78 is 0. The van der Waals surface area contributed by atoms with E-state index in [-0.39, 0.29) is 0 Å². The van der Waals surface area contributed by atoms with Crippen LogP contribution < -0.4 is 10.6 Å². The van der Waals surface area contributed by atoms with E-state index in [1.165, 1.54) is 0 Å². The van der Waals surface area contributed by atoms with Gasteiger partial charge in [0.05, 0.1) is 17.3 Å². The zero-order valence-corrected chi connectivity index (χ0v) is 14.9. The molecule has 0 saturated carbocycles. The minimum atomic E-state index is 0.462. The molecule has 6 nitrogen and oxygen atoms in total. The van der Waals surface area contributed by atoms with Crippen LogP contribution in [0, 0.1) is 29.6 Å². The molecule has 0 bridgehead atoms. The van der Waals surface area contributed by atoms with Gasteiger partial charge in [0.1, 0.15) is 6.07 Å². The number of hydrogen-bond donors (Lipinski definition) is 3. The van der Waals surface area contributed by atoms with Crippen molar-refractivity contribution in [1.29, 1.82) is 10.5 Å². The lowest BCUT2D eigenvalue weighted by Gasteiger charge is -2.21. The van der Waals surface area contributed by atoms with E-state index in [2.05, 4.69) is 39.7 Å². The first kappa shape index (κ1) is 16.8. The van der Waals surface area contributed by atoms with Crippen LogP contribution in [0.1, 0.15) is 23.1 Å². The predicted octanol–water partition coefficient (Wildman–Crippen LogP) is 3.76. The van der Waals surface area contributed by atoms with Crippen LogP contribution in [-0.4, -0.2) is 23.1 Å². The number of nitrogens with one attached hydrogen (secondary N) is 3. The number of H-pyrrole nitrogens is 1. The minimum absolute atomic E-state index is 0.462. The van der Waals surface area contributed by atoms with Crippen molar-refractivity contribution < 1.29 is 0 Å². The molecule has 1 aromatic carbocycles. The quantitative estimate of drug-likeness (QED) is 0.665. The highest BCUT2D eigenvalue weighted by Crippen LogP contribution is 2.35. The minimum Gasteiger partial charge on any atom is -0.361 e. The molecule has 3 aromatic rings. The molecule has 1 aliphatic heterocycles. The molecule has 3 heterocycles. The van der Waals surface area contributed by atoms with Gasteiger partial charge in [-0.2, -0.15) is 10.5 Å². The van der Waals surface area contributed by atoms with Crippen molar-refractivity contribution in [3.63, 3.8) is 0 Å². The molecule has 3 N–H and O–H groups in total. The van der Waals surface area contributed by atoms with Crippen LogP contribution in [0.2, 0.25) is 0 Å². The Hall–Kier alpha value is -3.61. The molecule has 1 aliphatic rings. The van der Waals surface area contributed by atoms with Crippen LogP contribution >= 0.6 is 0 Å². The second-order valence-electron chi connectivity index (χ2n) is 6.52. The third kappa shape index (κ3) is 2.93. The number of benzene rings is 1. The van der Waals surface area contributed by atoms with Gasteiger partial charge in [0.2, 0.25) is 0 Å². The number of nitriles is 2. The van der Waals surface area contributed by atoms with Crippen molar-refractivity contribution in [2.75, 3.05) is 18.4 Å². The van der Waals surface area contributed by atoms with Crippen molar-refractivity contribution in [2.45, 2.75) is 13.3 Å². The maximum Gasteiger partial charge on any atom is 0.103 e. The third-order valence-corrected chi connectivity index (χ3v) is 5.01. The standard InChI is InChI=1S/C21H18N6/c1-13-16-5-7-26-20(16)3-2-19(13)27-21-15(9-23)11-25-12-18(21)17-4-6-24-10-14(17)8-22/h2-3,5,7,11-12,24,26H,4,6,10H2,1H3,(H,25,27). The molecule has 0 radical (unpaired) electrons. The van der Waals surface area contributed by atoms with Crippen LogP contribution in [0.15, 0.2) is 42.4 Å². The molecular weight excluding hydrogens is 336 g/mol. The van der Waals surface area contributed by atoms with Gasteiger partial charge in [-0.25, -0.2) is 0 Å². The zero-order valence-electron chi connectivity index (χ0n) is 14.9. The summed E-state index contributed by atoms with van der Waals surface area (Å²) in [5.74, 6) is 0. The lowest BCUT2D eigenvalue weighted by Crippen LogP contribution is -2.24. The molecule has 0 amide bonds. The Morgan fingerprint density at radius 3 is 2.85 bits per heavy atom.